The first-order chi connectivity index (χ1) is 13.2. The number of methoxy groups -OCH3 is 1. The average Bonchev–Trinajstić information content (AvgIpc) is 3.12. The summed E-state index contributed by atoms with van der Waals surface area (Å²) in [7, 11) is 1.27. The van der Waals surface area contributed by atoms with Crippen LogP contribution in [0.1, 0.15) is 15.4 Å². The topological polar surface area (TPSA) is 116 Å². The summed E-state index contributed by atoms with van der Waals surface area (Å²) in [5, 5.41) is 18.4. The fraction of sp³-hybridized carbons (Fsp3) is 0.188. The summed E-state index contributed by atoms with van der Waals surface area (Å²) in [6, 6.07) is 5.02. The van der Waals surface area contributed by atoms with E-state index in [2.05, 4.69) is 26.3 Å². The molecule has 0 spiro atoms. The zero-order chi connectivity index (χ0) is 20.6. The number of nitrogens with one attached hydrogen (secondary N) is 1. The molecule has 0 bridgehead atoms. The van der Waals surface area contributed by atoms with Gasteiger partial charge in [0.15, 0.2) is 0 Å². The van der Waals surface area contributed by atoms with Gasteiger partial charge in [0.05, 0.1) is 22.9 Å². The molecule has 0 unspecified atom stereocenters. The van der Waals surface area contributed by atoms with Crippen LogP contribution >= 0.6 is 38.9 Å². The van der Waals surface area contributed by atoms with Crippen LogP contribution in [0.4, 0.5) is 11.5 Å². The molecular weight excluding hydrogens is 476 g/mol. The van der Waals surface area contributed by atoms with Crippen molar-refractivity contribution in [1.29, 1.82) is 0 Å². The highest BCUT2D eigenvalue weighted by molar-refractivity contribution is 9.10. The zero-order valence-corrected chi connectivity index (χ0v) is 17.6. The molecule has 0 atom stereocenters. The summed E-state index contributed by atoms with van der Waals surface area (Å²) in [5.41, 5.74) is 0.954. The molecule has 3 aromatic rings. The number of ether oxygens (including phenoxy) is 1. The Morgan fingerprint density at radius 1 is 1.46 bits per heavy atom. The molecule has 2 heterocycles. The normalized spacial score (nSPS) is 10.9. The van der Waals surface area contributed by atoms with E-state index in [0.29, 0.717) is 26.5 Å². The Morgan fingerprint density at radius 3 is 2.79 bits per heavy atom. The number of nitro groups is 1. The Hall–Kier alpha value is -2.50. The molecule has 2 aromatic heterocycles. The molecule has 28 heavy (non-hydrogen) atoms. The Balaban J connectivity index is 1.81. The summed E-state index contributed by atoms with van der Waals surface area (Å²) >= 11 is 10.5. The van der Waals surface area contributed by atoms with Crippen molar-refractivity contribution in [2.24, 2.45) is 0 Å². The lowest BCUT2D eigenvalue weighted by atomic mass is 10.2. The molecule has 1 aromatic carbocycles. The van der Waals surface area contributed by atoms with Gasteiger partial charge in [-0.2, -0.15) is 4.68 Å². The van der Waals surface area contributed by atoms with Gasteiger partial charge >= 0.3 is 11.8 Å². The number of hydrogen-bond acceptors (Lipinski definition) is 7. The van der Waals surface area contributed by atoms with Crippen molar-refractivity contribution in [3.05, 3.63) is 48.4 Å². The molecule has 0 aliphatic carbocycles. The van der Waals surface area contributed by atoms with Gasteiger partial charge in [-0.1, -0.05) is 11.6 Å². The van der Waals surface area contributed by atoms with Crippen molar-refractivity contribution in [3.63, 3.8) is 0 Å². The maximum Gasteiger partial charge on any atom is 0.404 e. The quantitative estimate of drug-likeness (QED) is 0.328. The molecular formula is C16H12BrClN4O5S. The molecule has 0 aliphatic heterocycles. The number of halogens is 2. The number of carbonyl (C=O) groups is 2. The third-order valence-electron chi connectivity index (χ3n) is 3.87. The van der Waals surface area contributed by atoms with E-state index in [9.17, 15) is 19.7 Å². The van der Waals surface area contributed by atoms with Crippen molar-refractivity contribution in [2.45, 2.75) is 13.5 Å². The van der Waals surface area contributed by atoms with Crippen LogP contribution in [-0.2, 0) is 16.1 Å². The lowest BCUT2D eigenvalue weighted by molar-refractivity contribution is -0.390. The van der Waals surface area contributed by atoms with Gasteiger partial charge in [-0.3, -0.25) is 4.79 Å². The van der Waals surface area contributed by atoms with E-state index in [1.807, 2.05) is 0 Å². The number of benzene rings is 1. The third kappa shape index (κ3) is 3.73. The lowest BCUT2D eigenvalue weighted by Gasteiger charge is -2.05. The van der Waals surface area contributed by atoms with Crippen molar-refractivity contribution >= 4 is 72.3 Å². The number of aromatic nitrogens is 2. The van der Waals surface area contributed by atoms with E-state index in [1.54, 1.807) is 25.1 Å². The molecule has 0 saturated carbocycles. The van der Waals surface area contributed by atoms with Crippen LogP contribution < -0.4 is 5.32 Å². The number of anilines is 1. The summed E-state index contributed by atoms with van der Waals surface area (Å²) in [5.74, 6) is -1.29. The first-order valence-corrected chi connectivity index (χ1v) is 9.69. The van der Waals surface area contributed by atoms with Gasteiger partial charge in [0, 0.05) is 15.8 Å². The molecule has 0 saturated heterocycles. The van der Waals surface area contributed by atoms with E-state index in [0.717, 1.165) is 11.3 Å². The maximum absolute atomic E-state index is 12.3. The van der Waals surface area contributed by atoms with E-state index in [1.165, 1.54) is 11.8 Å². The van der Waals surface area contributed by atoms with Crippen molar-refractivity contribution in [3.8, 4) is 0 Å². The van der Waals surface area contributed by atoms with Crippen LogP contribution in [0.2, 0.25) is 5.02 Å². The molecule has 0 fully saturated rings. The Bertz CT molecular complexity index is 1130. The maximum atomic E-state index is 12.3. The Labute approximate surface area is 175 Å². The SMILES string of the molecule is COC(=O)c1sc2cc(NC(=O)Cn3nc([N+](=O)[O-])c(Br)c3C)ccc2c1Cl. The van der Waals surface area contributed by atoms with Gasteiger partial charge in [-0.25, -0.2) is 4.79 Å². The first-order valence-electron chi connectivity index (χ1n) is 7.70. The van der Waals surface area contributed by atoms with Crippen molar-refractivity contribution < 1.29 is 19.2 Å². The van der Waals surface area contributed by atoms with E-state index >= 15 is 0 Å². The predicted molar refractivity (Wildman–Crippen MR) is 108 cm³/mol. The molecule has 0 aliphatic rings. The van der Waals surface area contributed by atoms with Crippen LogP contribution in [0.25, 0.3) is 10.1 Å². The number of rotatable bonds is 5. The number of amides is 1. The van der Waals surface area contributed by atoms with Crippen LogP contribution in [0.5, 0.6) is 0 Å². The third-order valence-corrected chi connectivity index (χ3v) is 6.43. The molecule has 0 radical (unpaired) electrons. The van der Waals surface area contributed by atoms with E-state index < -0.39 is 16.8 Å². The van der Waals surface area contributed by atoms with Gasteiger partial charge in [0.1, 0.15) is 15.9 Å². The molecule has 146 valence electrons. The highest BCUT2D eigenvalue weighted by Gasteiger charge is 2.24. The summed E-state index contributed by atoms with van der Waals surface area (Å²) in [6.07, 6.45) is 0. The summed E-state index contributed by atoms with van der Waals surface area (Å²) < 4.78 is 6.88. The van der Waals surface area contributed by atoms with Gasteiger partial charge in [0.25, 0.3) is 0 Å². The minimum absolute atomic E-state index is 0.199. The monoisotopic (exact) mass is 486 g/mol. The highest BCUT2D eigenvalue weighted by Crippen LogP contribution is 2.37. The largest absolute Gasteiger partial charge is 0.465 e. The minimum Gasteiger partial charge on any atom is -0.465 e. The second kappa shape index (κ2) is 7.86. The minimum atomic E-state index is -0.626. The molecule has 9 nitrogen and oxygen atoms in total. The fourth-order valence-electron chi connectivity index (χ4n) is 2.48. The number of esters is 1. The standard InChI is InChI=1S/C16H12BrClN4O5S/c1-7-12(17)15(22(25)26)20-21(7)6-11(23)19-8-3-4-9-10(5-8)28-14(13(9)18)16(24)27-2/h3-5H,6H2,1-2H3,(H,19,23). The highest BCUT2D eigenvalue weighted by atomic mass is 79.9. The Morgan fingerprint density at radius 2 is 2.18 bits per heavy atom. The molecule has 12 heteroatoms. The first kappa shape index (κ1) is 20.2. The van der Waals surface area contributed by atoms with Gasteiger partial charge in [0.2, 0.25) is 5.91 Å². The van der Waals surface area contributed by atoms with Gasteiger partial charge in [-0.05, 0) is 46.0 Å². The number of nitrogens with zero attached hydrogens (tertiary/aromatic N) is 3. The number of carbonyl (C=O) groups excluding carboxylic acids is 2. The van der Waals surface area contributed by atoms with Crippen LogP contribution in [-0.4, -0.2) is 33.7 Å². The predicted octanol–water partition coefficient (Wildman–Crippen LogP) is 4.16. The fourth-order valence-corrected chi connectivity index (χ4v) is 4.38. The average molecular weight is 488 g/mol. The lowest BCUT2D eigenvalue weighted by Crippen LogP contribution is -2.20. The number of fused-ring (bicyclic) bond motifs is 1. The zero-order valence-electron chi connectivity index (χ0n) is 14.5. The number of hydrogen-bond donors (Lipinski definition) is 1. The van der Waals surface area contributed by atoms with Crippen LogP contribution in [0, 0.1) is 17.0 Å². The van der Waals surface area contributed by atoms with E-state index in [-0.39, 0.29) is 21.7 Å². The number of thiophene rings is 1. The van der Waals surface area contributed by atoms with Crippen molar-refractivity contribution in [1.82, 2.24) is 9.78 Å². The molecule has 1 N–H and O–H groups in total. The summed E-state index contributed by atoms with van der Waals surface area (Å²) in [6.45, 7) is 1.42. The summed E-state index contributed by atoms with van der Waals surface area (Å²) in [4.78, 5) is 34.7. The van der Waals surface area contributed by atoms with Crippen LogP contribution in [0.3, 0.4) is 0 Å². The van der Waals surface area contributed by atoms with Gasteiger partial charge < -0.3 is 20.2 Å². The molecule has 3 rings (SSSR count). The molecule has 1 amide bonds. The van der Waals surface area contributed by atoms with E-state index in [4.69, 9.17) is 16.3 Å². The smallest absolute Gasteiger partial charge is 0.404 e. The second-order valence-electron chi connectivity index (χ2n) is 5.63. The van der Waals surface area contributed by atoms with Crippen LogP contribution in [0.15, 0.2) is 22.7 Å². The van der Waals surface area contributed by atoms with Crippen molar-refractivity contribution in [2.75, 3.05) is 12.4 Å². The second-order valence-corrected chi connectivity index (χ2v) is 7.86. The Kier molecular flexibility index (Phi) is 5.68. The van der Waals surface area contributed by atoms with Gasteiger partial charge in [-0.15, -0.1) is 11.3 Å².